The maximum atomic E-state index is 12.0. The summed E-state index contributed by atoms with van der Waals surface area (Å²) in [6, 6.07) is 5.10. The van der Waals surface area contributed by atoms with Gasteiger partial charge in [-0.2, -0.15) is 0 Å². The molecule has 2 aromatic rings. The van der Waals surface area contributed by atoms with Gasteiger partial charge in [0.2, 0.25) is 0 Å². The third-order valence-electron chi connectivity index (χ3n) is 3.68. The number of benzene rings is 1. The molecule has 1 atom stereocenters. The van der Waals surface area contributed by atoms with E-state index in [0.29, 0.717) is 34.4 Å². The molecule has 0 amide bonds. The fraction of sp³-hybridized carbons (Fsp3) is 0.467. The van der Waals surface area contributed by atoms with Crippen LogP contribution >= 0.6 is 11.6 Å². The molecule has 1 aliphatic rings. The number of hydrogen-bond acceptors (Lipinski definition) is 4. The van der Waals surface area contributed by atoms with Crippen molar-refractivity contribution in [3.05, 3.63) is 39.4 Å². The minimum absolute atomic E-state index is 0.132. The van der Waals surface area contributed by atoms with Gasteiger partial charge in [0.25, 0.3) is 5.56 Å². The van der Waals surface area contributed by atoms with Crippen LogP contribution in [0.25, 0.3) is 10.9 Å². The number of ether oxygens (including phenoxy) is 1. The number of nitrogens with one attached hydrogen (secondary N) is 2. The lowest BCUT2D eigenvalue weighted by atomic mass is 10.2. The predicted molar refractivity (Wildman–Crippen MR) is 82.7 cm³/mol. The van der Waals surface area contributed by atoms with Crippen molar-refractivity contribution >= 4 is 22.5 Å². The highest BCUT2D eigenvalue weighted by Crippen LogP contribution is 2.15. The van der Waals surface area contributed by atoms with Crippen LogP contribution in [0.4, 0.5) is 0 Å². The molecule has 0 aliphatic carbocycles. The van der Waals surface area contributed by atoms with E-state index in [-0.39, 0.29) is 5.56 Å². The Morgan fingerprint density at radius 1 is 1.48 bits per heavy atom. The van der Waals surface area contributed by atoms with Crippen molar-refractivity contribution in [3.63, 3.8) is 0 Å². The fourth-order valence-corrected chi connectivity index (χ4v) is 2.75. The summed E-state index contributed by atoms with van der Waals surface area (Å²) in [4.78, 5) is 19.2. The first-order valence-corrected chi connectivity index (χ1v) is 7.61. The highest BCUT2D eigenvalue weighted by atomic mass is 35.5. The van der Waals surface area contributed by atoms with E-state index in [1.807, 2.05) is 0 Å². The van der Waals surface area contributed by atoms with Gasteiger partial charge in [0, 0.05) is 11.6 Å². The van der Waals surface area contributed by atoms with Crippen LogP contribution in [0.5, 0.6) is 0 Å². The molecule has 1 aromatic carbocycles. The average Bonchev–Trinajstić information content (AvgIpc) is 2.96. The second-order valence-corrected chi connectivity index (χ2v) is 5.71. The molecular weight excluding hydrogens is 290 g/mol. The van der Waals surface area contributed by atoms with Crippen molar-refractivity contribution in [2.24, 2.45) is 0 Å². The number of hydrogen-bond donors (Lipinski definition) is 2. The molecule has 1 saturated heterocycles. The molecule has 1 unspecified atom stereocenters. The lowest BCUT2D eigenvalue weighted by molar-refractivity contribution is 0.104. The maximum Gasteiger partial charge on any atom is 0.258 e. The van der Waals surface area contributed by atoms with Gasteiger partial charge < -0.3 is 15.0 Å². The largest absolute Gasteiger partial charge is 0.378 e. The summed E-state index contributed by atoms with van der Waals surface area (Å²) in [5.41, 5.74) is 0.495. The Labute approximate surface area is 127 Å². The first kappa shape index (κ1) is 14.5. The summed E-state index contributed by atoms with van der Waals surface area (Å²) >= 11 is 5.94. The van der Waals surface area contributed by atoms with E-state index in [1.54, 1.807) is 18.2 Å². The van der Waals surface area contributed by atoms with Crippen LogP contribution in [-0.2, 0) is 11.3 Å². The molecule has 3 rings (SSSR count). The highest BCUT2D eigenvalue weighted by molar-refractivity contribution is 6.31. The molecule has 2 heterocycles. The summed E-state index contributed by atoms with van der Waals surface area (Å²) in [6.07, 6.45) is 3.67. The van der Waals surface area contributed by atoms with E-state index in [0.717, 1.165) is 32.4 Å². The van der Waals surface area contributed by atoms with Gasteiger partial charge >= 0.3 is 0 Å². The van der Waals surface area contributed by atoms with Crippen molar-refractivity contribution in [1.29, 1.82) is 0 Å². The molecule has 112 valence electrons. The molecule has 2 N–H and O–H groups in total. The zero-order valence-electron chi connectivity index (χ0n) is 11.7. The molecule has 6 heteroatoms. The van der Waals surface area contributed by atoms with Gasteiger partial charge in [-0.25, -0.2) is 4.98 Å². The van der Waals surface area contributed by atoms with Gasteiger partial charge in [-0.15, -0.1) is 0 Å². The zero-order chi connectivity index (χ0) is 14.7. The number of nitrogens with zero attached hydrogens (tertiary/aromatic N) is 1. The average molecular weight is 308 g/mol. The van der Waals surface area contributed by atoms with Gasteiger partial charge in [0.15, 0.2) is 0 Å². The van der Waals surface area contributed by atoms with Crippen molar-refractivity contribution in [1.82, 2.24) is 15.3 Å². The molecule has 21 heavy (non-hydrogen) atoms. The maximum absolute atomic E-state index is 12.0. The van der Waals surface area contributed by atoms with Crippen molar-refractivity contribution in [3.8, 4) is 0 Å². The topological polar surface area (TPSA) is 67.0 Å². The van der Waals surface area contributed by atoms with Gasteiger partial charge in [0.05, 0.1) is 23.6 Å². The van der Waals surface area contributed by atoms with Crippen LogP contribution in [0.15, 0.2) is 23.0 Å². The number of fused-ring (bicyclic) bond motifs is 1. The summed E-state index contributed by atoms with van der Waals surface area (Å²) in [7, 11) is 0. The zero-order valence-corrected chi connectivity index (χ0v) is 12.4. The molecule has 0 spiro atoms. The number of aromatic nitrogens is 2. The Hall–Kier alpha value is -1.43. The van der Waals surface area contributed by atoms with Crippen molar-refractivity contribution in [2.75, 3.05) is 13.2 Å². The quantitative estimate of drug-likeness (QED) is 0.831. The van der Waals surface area contributed by atoms with Crippen molar-refractivity contribution < 1.29 is 4.74 Å². The second kappa shape index (κ2) is 6.56. The minimum Gasteiger partial charge on any atom is -0.378 e. The van der Waals surface area contributed by atoms with E-state index in [2.05, 4.69) is 15.3 Å². The van der Waals surface area contributed by atoms with Gasteiger partial charge in [-0.1, -0.05) is 11.6 Å². The lowest BCUT2D eigenvalue weighted by Gasteiger charge is -2.10. The molecular formula is C15H18ClN3O2. The lowest BCUT2D eigenvalue weighted by Crippen LogP contribution is -2.23. The molecule has 0 bridgehead atoms. The van der Waals surface area contributed by atoms with Gasteiger partial charge in [0.1, 0.15) is 5.82 Å². The number of rotatable bonds is 5. The molecule has 5 nitrogen and oxygen atoms in total. The van der Waals surface area contributed by atoms with Crippen LogP contribution in [0.3, 0.4) is 0 Å². The summed E-state index contributed by atoms with van der Waals surface area (Å²) in [5.74, 6) is 0.627. The monoisotopic (exact) mass is 307 g/mol. The van der Waals surface area contributed by atoms with E-state index < -0.39 is 0 Å². The molecule has 1 aromatic heterocycles. The Morgan fingerprint density at radius 2 is 2.38 bits per heavy atom. The van der Waals surface area contributed by atoms with Crippen molar-refractivity contribution in [2.45, 2.75) is 31.9 Å². The normalized spacial score (nSPS) is 18.4. The second-order valence-electron chi connectivity index (χ2n) is 5.27. The standard InChI is InChI=1S/C15H18ClN3O2/c16-10-3-4-12-13(8-10)18-14(19-15(12)20)9-17-6-5-11-2-1-7-21-11/h3-4,8,11,17H,1-2,5-7,9H2,(H,18,19,20). The van der Waals surface area contributed by atoms with Gasteiger partial charge in [-0.05, 0) is 44.0 Å². The minimum atomic E-state index is -0.132. The first-order valence-electron chi connectivity index (χ1n) is 7.23. The van der Waals surface area contributed by atoms with E-state index in [1.165, 1.54) is 0 Å². The number of aromatic amines is 1. The van der Waals surface area contributed by atoms with E-state index >= 15 is 0 Å². The van der Waals surface area contributed by atoms with Gasteiger partial charge in [-0.3, -0.25) is 4.79 Å². The van der Waals surface area contributed by atoms with E-state index in [9.17, 15) is 4.79 Å². The Balaban J connectivity index is 1.62. The Bertz CT molecular complexity index is 680. The van der Waals surface area contributed by atoms with Crippen LogP contribution in [0.2, 0.25) is 5.02 Å². The molecule has 0 radical (unpaired) electrons. The third kappa shape index (κ3) is 3.61. The number of H-pyrrole nitrogens is 1. The predicted octanol–water partition coefficient (Wildman–Crippen LogP) is 2.24. The first-order chi connectivity index (χ1) is 10.2. The van der Waals surface area contributed by atoms with Crippen LogP contribution in [0, 0.1) is 0 Å². The SMILES string of the molecule is O=c1[nH]c(CNCCC2CCCO2)nc2cc(Cl)ccc12. The summed E-state index contributed by atoms with van der Waals surface area (Å²) in [6.45, 7) is 2.26. The summed E-state index contributed by atoms with van der Waals surface area (Å²) < 4.78 is 5.57. The molecule has 1 aliphatic heterocycles. The third-order valence-corrected chi connectivity index (χ3v) is 3.91. The fourth-order valence-electron chi connectivity index (χ4n) is 2.59. The van der Waals surface area contributed by atoms with Crippen LogP contribution < -0.4 is 10.9 Å². The van der Waals surface area contributed by atoms with E-state index in [4.69, 9.17) is 16.3 Å². The summed E-state index contributed by atoms with van der Waals surface area (Å²) in [5, 5.41) is 4.43. The number of halogens is 1. The smallest absolute Gasteiger partial charge is 0.258 e. The molecule has 0 saturated carbocycles. The van der Waals surface area contributed by atoms with Crippen LogP contribution in [0.1, 0.15) is 25.1 Å². The Morgan fingerprint density at radius 3 is 3.19 bits per heavy atom. The highest BCUT2D eigenvalue weighted by Gasteiger charge is 2.14. The molecule has 1 fully saturated rings. The van der Waals surface area contributed by atoms with Crippen LogP contribution in [-0.4, -0.2) is 29.2 Å². The Kier molecular flexibility index (Phi) is 4.53.